The highest BCUT2D eigenvalue weighted by molar-refractivity contribution is 5.93. The fourth-order valence-corrected chi connectivity index (χ4v) is 1.36. The lowest BCUT2D eigenvalue weighted by Crippen LogP contribution is -2.21. The maximum Gasteiger partial charge on any atom is 0.335 e. The summed E-state index contributed by atoms with van der Waals surface area (Å²) in [6.07, 6.45) is 1.29. The van der Waals surface area contributed by atoms with E-state index in [4.69, 9.17) is 14.4 Å². The average molecular weight is 277 g/mol. The molecule has 0 fully saturated rings. The van der Waals surface area contributed by atoms with Gasteiger partial charge in [0.2, 0.25) is 0 Å². The molecule has 0 saturated carbocycles. The molecule has 8 heteroatoms. The SMILES string of the molecule is Cc1cc(OCC(=O)Nc2cc(C(=O)O)ccn2)no1. The second-order valence-corrected chi connectivity index (χ2v) is 3.85. The van der Waals surface area contributed by atoms with Gasteiger partial charge in [0.15, 0.2) is 6.61 Å². The van der Waals surface area contributed by atoms with Gasteiger partial charge >= 0.3 is 5.97 Å². The van der Waals surface area contributed by atoms with Crippen molar-refractivity contribution in [1.29, 1.82) is 0 Å². The molecule has 0 spiro atoms. The van der Waals surface area contributed by atoms with E-state index in [1.54, 1.807) is 6.92 Å². The van der Waals surface area contributed by atoms with E-state index in [0.717, 1.165) is 0 Å². The van der Waals surface area contributed by atoms with Crippen molar-refractivity contribution < 1.29 is 24.0 Å². The molecule has 0 aromatic carbocycles. The number of carboxylic acids is 1. The van der Waals surface area contributed by atoms with E-state index >= 15 is 0 Å². The van der Waals surface area contributed by atoms with E-state index in [1.807, 2.05) is 0 Å². The van der Waals surface area contributed by atoms with Crippen molar-refractivity contribution in [2.75, 3.05) is 11.9 Å². The van der Waals surface area contributed by atoms with Gasteiger partial charge < -0.3 is 19.7 Å². The first-order valence-electron chi connectivity index (χ1n) is 5.60. The second-order valence-electron chi connectivity index (χ2n) is 3.85. The van der Waals surface area contributed by atoms with Gasteiger partial charge in [-0.3, -0.25) is 4.79 Å². The topological polar surface area (TPSA) is 115 Å². The summed E-state index contributed by atoms with van der Waals surface area (Å²) in [7, 11) is 0. The zero-order valence-corrected chi connectivity index (χ0v) is 10.5. The zero-order chi connectivity index (χ0) is 14.5. The number of aromatic carboxylic acids is 1. The Morgan fingerprint density at radius 2 is 2.25 bits per heavy atom. The summed E-state index contributed by atoms with van der Waals surface area (Å²) in [5, 5.41) is 14.8. The van der Waals surface area contributed by atoms with Crippen LogP contribution in [0.25, 0.3) is 0 Å². The number of carboxylic acid groups (broad SMARTS) is 1. The number of hydrogen-bond donors (Lipinski definition) is 2. The molecule has 2 N–H and O–H groups in total. The number of ether oxygens (including phenoxy) is 1. The van der Waals surface area contributed by atoms with E-state index in [-0.39, 0.29) is 23.9 Å². The van der Waals surface area contributed by atoms with E-state index in [9.17, 15) is 9.59 Å². The first kappa shape index (κ1) is 13.5. The summed E-state index contributed by atoms with van der Waals surface area (Å²) < 4.78 is 9.85. The number of nitrogens with zero attached hydrogens (tertiary/aromatic N) is 2. The van der Waals surface area contributed by atoms with E-state index in [1.165, 1.54) is 24.4 Å². The molecule has 0 unspecified atom stereocenters. The minimum absolute atomic E-state index is 0.0309. The first-order chi connectivity index (χ1) is 9.54. The molecule has 20 heavy (non-hydrogen) atoms. The molecule has 0 aliphatic heterocycles. The Morgan fingerprint density at radius 3 is 2.90 bits per heavy atom. The molecule has 2 aromatic rings. The fourth-order valence-electron chi connectivity index (χ4n) is 1.36. The molecule has 2 aromatic heterocycles. The van der Waals surface area contributed by atoms with Crippen molar-refractivity contribution in [2.24, 2.45) is 0 Å². The van der Waals surface area contributed by atoms with Crippen LogP contribution in [0.1, 0.15) is 16.1 Å². The Morgan fingerprint density at radius 1 is 1.45 bits per heavy atom. The highest BCUT2D eigenvalue weighted by atomic mass is 16.5. The molecule has 2 heterocycles. The molecule has 0 radical (unpaired) electrons. The number of carbonyl (C=O) groups is 2. The van der Waals surface area contributed by atoms with Crippen LogP contribution in [-0.4, -0.2) is 33.7 Å². The van der Waals surface area contributed by atoms with Crippen LogP contribution < -0.4 is 10.1 Å². The van der Waals surface area contributed by atoms with Crippen molar-refractivity contribution in [3.05, 3.63) is 35.7 Å². The molecular formula is C12H11N3O5. The average Bonchev–Trinajstić information content (AvgIpc) is 2.82. The van der Waals surface area contributed by atoms with Gasteiger partial charge in [-0.1, -0.05) is 0 Å². The standard InChI is InChI=1S/C12H11N3O5/c1-7-4-11(15-20-7)19-6-10(16)14-9-5-8(12(17)18)2-3-13-9/h2-5H,6H2,1H3,(H,17,18)(H,13,14,16). The van der Waals surface area contributed by atoms with E-state index in [0.29, 0.717) is 5.76 Å². The van der Waals surface area contributed by atoms with Gasteiger partial charge in [0.25, 0.3) is 11.8 Å². The smallest absolute Gasteiger partial charge is 0.335 e. The lowest BCUT2D eigenvalue weighted by Gasteiger charge is -2.05. The van der Waals surface area contributed by atoms with Gasteiger partial charge in [0.1, 0.15) is 11.6 Å². The summed E-state index contributed by atoms with van der Waals surface area (Å²) in [6.45, 7) is 1.41. The molecule has 0 atom stereocenters. The first-order valence-corrected chi connectivity index (χ1v) is 5.60. The highest BCUT2D eigenvalue weighted by Gasteiger charge is 2.09. The van der Waals surface area contributed by atoms with Gasteiger partial charge in [0, 0.05) is 12.3 Å². The Kier molecular flexibility index (Phi) is 3.94. The third-order valence-corrected chi connectivity index (χ3v) is 2.23. The number of carbonyl (C=O) groups excluding carboxylic acids is 1. The molecule has 0 aliphatic rings. The van der Waals surface area contributed by atoms with Crippen molar-refractivity contribution in [3.63, 3.8) is 0 Å². The van der Waals surface area contributed by atoms with Crippen LogP contribution in [0.2, 0.25) is 0 Å². The maximum absolute atomic E-state index is 11.6. The Labute approximate surface area is 113 Å². The van der Waals surface area contributed by atoms with Gasteiger partial charge in [-0.15, -0.1) is 0 Å². The molecule has 1 amide bonds. The predicted molar refractivity (Wildman–Crippen MR) is 66.6 cm³/mol. The van der Waals surface area contributed by atoms with Crippen molar-refractivity contribution >= 4 is 17.7 Å². The van der Waals surface area contributed by atoms with E-state index < -0.39 is 11.9 Å². The number of aryl methyl sites for hydroxylation is 1. The lowest BCUT2D eigenvalue weighted by atomic mass is 10.2. The van der Waals surface area contributed by atoms with Crippen LogP contribution in [0.4, 0.5) is 5.82 Å². The molecule has 104 valence electrons. The summed E-state index contributed by atoms with van der Waals surface area (Å²) >= 11 is 0. The maximum atomic E-state index is 11.6. The van der Waals surface area contributed by atoms with Gasteiger partial charge in [-0.2, -0.15) is 0 Å². The summed E-state index contributed by atoms with van der Waals surface area (Å²) in [6, 6.07) is 4.11. The third kappa shape index (κ3) is 3.55. The third-order valence-electron chi connectivity index (χ3n) is 2.23. The quantitative estimate of drug-likeness (QED) is 0.840. The largest absolute Gasteiger partial charge is 0.478 e. The molecule has 2 rings (SSSR count). The molecule has 0 saturated heterocycles. The van der Waals surface area contributed by atoms with Crippen LogP contribution in [0, 0.1) is 6.92 Å². The number of amides is 1. The van der Waals surface area contributed by atoms with Crippen LogP contribution in [0.5, 0.6) is 5.88 Å². The van der Waals surface area contributed by atoms with Gasteiger partial charge in [-0.05, 0) is 24.2 Å². The Bertz CT molecular complexity index is 638. The van der Waals surface area contributed by atoms with Crippen molar-refractivity contribution in [3.8, 4) is 5.88 Å². The molecular weight excluding hydrogens is 266 g/mol. The number of hydrogen-bond acceptors (Lipinski definition) is 6. The second kappa shape index (κ2) is 5.83. The van der Waals surface area contributed by atoms with Crippen LogP contribution >= 0.6 is 0 Å². The number of anilines is 1. The number of aromatic nitrogens is 2. The summed E-state index contributed by atoms with van der Waals surface area (Å²) in [5.74, 6) is -0.686. The monoisotopic (exact) mass is 277 g/mol. The van der Waals surface area contributed by atoms with Crippen LogP contribution in [-0.2, 0) is 4.79 Å². The predicted octanol–water partition coefficient (Wildman–Crippen LogP) is 1.09. The molecule has 0 aliphatic carbocycles. The summed E-state index contributed by atoms with van der Waals surface area (Å²) in [5.41, 5.74) is 0.0309. The van der Waals surface area contributed by atoms with Crippen LogP contribution in [0.3, 0.4) is 0 Å². The van der Waals surface area contributed by atoms with Gasteiger partial charge in [0.05, 0.1) is 5.56 Å². The summed E-state index contributed by atoms with van der Waals surface area (Å²) in [4.78, 5) is 26.2. The number of pyridine rings is 1. The number of rotatable bonds is 5. The Balaban J connectivity index is 1.91. The van der Waals surface area contributed by atoms with Crippen molar-refractivity contribution in [2.45, 2.75) is 6.92 Å². The van der Waals surface area contributed by atoms with Crippen LogP contribution in [0.15, 0.2) is 28.9 Å². The number of nitrogens with one attached hydrogen (secondary N) is 1. The van der Waals surface area contributed by atoms with Gasteiger partial charge in [-0.25, -0.2) is 9.78 Å². The fraction of sp³-hybridized carbons (Fsp3) is 0.167. The van der Waals surface area contributed by atoms with Crippen molar-refractivity contribution in [1.82, 2.24) is 10.1 Å². The Hall–Kier alpha value is -2.90. The molecule has 0 bridgehead atoms. The normalized spacial score (nSPS) is 10.1. The lowest BCUT2D eigenvalue weighted by molar-refractivity contribution is -0.118. The highest BCUT2D eigenvalue weighted by Crippen LogP contribution is 2.10. The minimum Gasteiger partial charge on any atom is -0.478 e. The minimum atomic E-state index is -1.10. The van der Waals surface area contributed by atoms with E-state index in [2.05, 4.69) is 15.5 Å². The zero-order valence-electron chi connectivity index (χ0n) is 10.5. The molecule has 8 nitrogen and oxygen atoms in total.